The first kappa shape index (κ1) is 9.34. The molecule has 0 aliphatic heterocycles. The van der Waals surface area contributed by atoms with Crippen molar-refractivity contribution in [3.63, 3.8) is 0 Å². The van der Waals surface area contributed by atoms with E-state index in [-0.39, 0.29) is 0 Å². The topological polar surface area (TPSA) is 0 Å². The number of halogens is 1. The smallest absolute Gasteiger partial charge is 0.115 e. The van der Waals surface area contributed by atoms with Crippen LogP contribution in [0.15, 0.2) is 54.6 Å². The molecule has 0 nitrogen and oxygen atoms in total. The number of rotatable bonds is 1. The third-order valence-electron chi connectivity index (χ3n) is 3.02. The maximum absolute atomic E-state index is 12.9. The van der Waals surface area contributed by atoms with Crippen LogP contribution in [0.1, 0.15) is 5.56 Å². The molecule has 0 aliphatic rings. The van der Waals surface area contributed by atoms with Gasteiger partial charge in [-0.1, -0.05) is 54.6 Å². The first-order valence-electron chi connectivity index (χ1n) is 5.35. The second-order valence-electron chi connectivity index (χ2n) is 3.93. The zero-order valence-corrected chi connectivity index (χ0v) is 8.78. The lowest BCUT2D eigenvalue weighted by Crippen LogP contribution is -1.83. The third-order valence-corrected chi connectivity index (χ3v) is 3.02. The van der Waals surface area contributed by atoms with Gasteiger partial charge in [0.05, 0.1) is 0 Å². The van der Waals surface area contributed by atoms with E-state index < -0.39 is 6.67 Å². The zero-order valence-electron chi connectivity index (χ0n) is 8.78. The summed E-state index contributed by atoms with van der Waals surface area (Å²) in [7, 11) is 0. The highest BCUT2D eigenvalue weighted by atomic mass is 19.1. The van der Waals surface area contributed by atoms with Crippen LogP contribution in [0.3, 0.4) is 0 Å². The van der Waals surface area contributed by atoms with E-state index in [0.29, 0.717) is 0 Å². The van der Waals surface area contributed by atoms with E-state index in [9.17, 15) is 4.39 Å². The van der Waals surface area contributed by atoms with Gasteiger partial charge in [-0.05, 0) is 27.1 Å². The fourth-order valence-electron chi connectivity index (χ4n) is 2.22. The third kappa shape index (κ3) is 1.28. The van der Waals surface area contributed by atoms with Crippen molar-refractivity contribution < 1.29 is 4.39 Å². The number of hydrogen-bond acceptors (Lipinski definition) is 0. The molecule has 0 spiro atoms. The number of benzene rings is 3. The van der Waals surface area contributed by atoms with Crippen LogP contribution >= 0.6 is 0 Å². The Morgan fingerprint density at radius 3 is 2.38 bits per heavy atom. The average Bonchev–Trinajstić information content (AvgIpc) is 2.37. The van der Waals surface area contributed by atoms with Crippen LogP contribution in [0.5, 0.6) is 0 Å². The molecule has 3 aromatic rings. The van der Waals surface area contributed by atoms with Crippen LogP contribution in [0.4, 0.5) is 4.39 Å². The molecule has 0 aromatic heterocycles. The van der Waals surface area contributed by atoms with E-state index in [1.165, 1.54) is 10.8 Å². The molecular formula is C15H11F. The molecule has 0 unspecified atom stereocenters. The van der Waals surface area contributed by atoms with E-state index in [1.807, 2.05) is 30.3 Å². The SMILES string of the molecule is FCc1cccc2c1ccc1ccccc12. The van der Waals surface area contributed by atoms with Gasteiger partial charge in [0.2, 0.25) is 0 Å². The Morgan fingerprint density at radius 1 is 0.688 bits per heavy atom. The zero-order chi connectivity index (χ0) is 11.0. The molecule has 16 heavy (non-hydrogen) atoms. The summed E-state index contributed by atoms with van der Waals surface area (Å²) in [5, 5.41) is 4.54. The second-order valence-corrected chi connectivity index (χ2v) is 3.93. The molecule has 3 aromatic carbocycles. The Balaban J connectivity index is 2.52. The molecular weight excluding hydrogens is 199 g/mol. The standard InChI is InChI=1S/C15H11F/c16-10-12-5-3-7-15-13-6-2-1-4-11(13)8-9-14(12)15/h1-9H,10H2. The minimum absolute atomic E-state index is 0.407. The van der Waals surface area contributed by atoms with Gasteiger partial charge in [0, 0.05) is 0 Å². The van der Waals surface area contributed by atoms with Crippen molar-refractivity contribution >= 4 is 21.5 Å². The van der Waals surface area contributed by atoms with Gasteiger partial charge in [-0.15, -0.1) is 0 Å². The molecule has 0 saturated heterocycles. The molecule has 3 rings (SSSR count). The lowest BCUT2D eigenvalue weighted by Gasteiger charge is -2.06. The molecule has 1 heteroatoms. The van der Waals surface area contributed by atoms with Crippen LogP contribution in [0, 0.1) is 0 Å². The van der Waals surface area contributed by atoms with Crippen LogP contribution in [-0.2, 0) is 6.67 Å². The largest absolute Gasteiger partial charge is 0.246 e. The lowest BCUT2D eigenvalue weighted by atomic mass is 9.99. The van der Waals surface area contributed by atoms with Crippen LogP contribution in [-0.4, -0.2) is 0 Å². The van der Waals surface area contributed by atoms with Gasteiger partial charge in [-0.3, -0.25) is 0 Å². The van der Waals surface area contributed by atoms with Gasteiger partial charge in [0.1, 0.15) is 6.67 Å². The van der Waals surface area contributed by atoms with Gasteiger partial charge in [-0.2, -0.15) is 0 Å². The molecule has 78 valence electrons. The number of hydrogen-bond donors (Lipinski definition) is 0. The van der Waals surface area contributed by atoms with Crippen molar-refractivity contribution in [1.82, 2.24) is 0 Å². The Hall–Kier alpha value is -1.89. The maximum atomic E-state index is 12.9. The van der Waals surface area contributed by atoms with Crippen LogP contribution < -0.4 is 0 Å². The molecule has 0 saturated carbocycles. The van der Waals surface area contributed by atoms with Crippen LogP contribution in [0.25, 0.3) is 21.5 Å². The average molecular weight is 210 g/mol. The summed E-state index contributed by atoms with van der Waals surface area (Å²) in [4.78, 5) is 0. The highest BCUT2D eigenvalue weighted by Crippen LogP contribution is 2.27. The summed E-state index contributed by atoms with van der Waals surface area (Å²) < 4.78 is 12.9. The number of alkyl halides is 1. The summed E-state index contributed by atoms with van der Waals surface area (Å²) >= 11 is 0. The maximum Gasteiger partial charge on any atom is 0.115 e. The van der Waals surface area contributed by atoms with Crippen LogP contribution in [0.2, 0.25) is 0 Å². The van der Waals surface area contributed by atoms with Gasteiger partial charge < -0.3 is 0 Å². The van der Waals surface area contributed by atoms with Gasteiger partial charge in [0.15, 0.2) is 0 Å². The molecule has 0 radical (unpaired) electrons. The van der Waals surface area contributed by atoms with Gasteiger partial charge in [-0.25, -0.2) is 4.39 Å². The van der Waals surface area contributed by atoms with Crippen molar-refractivity contribution in [3.8, 4) is 0 Å². The minimum Gasteiger partial charge on any atom is -0.246 e. The molecule has 0 fully saturated rings. The molecule has 0 N–H and O–H groups in total. The predicted octanol–water partition coefficient (Wildman–Crippen LogP) is 4.46. The summed E-state index contributed by atoms with van der Waals surface area (Å²) in [5.41, 5.74) is 0.767. The first-order valence-corrected chi connectivity index (χ1v) is 5.35. The lowest BCUT2D eigenvalue weighted by molar-refractivity contribution is 0.488. The Bertz CT molecular complexity index is 656. The van der Waals surface area contributed by atoms with Crippen molar-refractivity contribution in [2.45, 2.75) is 6.67 Å². The summed E-state index contributed by atoms with van der Waals surface area (Å²) in [6, 6.07) is 18.1. The molecule has 0 amide bonds. The van der Waals surface area contributed by atoms with E-state index in [1.54, 1.807) is 0 Å². The first-order chi connectivity index (χ1) is 7.90. The van der Waals surface area contributed by atoms with Crippen molar-refractivity contribution in [2.24, 2.45) is 0 Å². The van der Waals surface area contributed by atoms with Crippen molar-refractivity contribution in [3.05, 3.63) is 60.2 Å². The fraction of sp³-hybridized carbons (Fsp3) is 0.0667. The van der Waals surface area contributed by atoms with Gasteiger partial charge in [0.25, 0.3) is 0 Å². The highest BCUT2D eigenvalue weighted by molar-refractivity contribution is 6.08. The van der Waals surface area contributed by atoms with E-state index in [2.05, 4.69) is 24.3 Å². The highest BCUT2D eigenvalue weighted by Gasteiger charge is 2.03. The normalized spacial score (nSPS) is 11.1. The van der Waals surface area contributed by atoms with Crippen molar-refractivity contribution in [2.75, 3.05) is 0 Å². The Labute approximate surface area is 93.3 Å². The summed E-state index contributed by atoms with van der Waals surface area (Å²) in [6.45, 7) is -0.407. The van der Waals surface area contributed by atoms with E-state index in [0.717, 1.165) is 16.3 Å². The minimum atomic E-state index is -0.407. The fourth-order valence-corrected chi connectivity index (χ4v) is 2.22. The quantitative estimate of drug-likeness (QED) is 0.520. The molecule has 0 atom stereocenters. The molecule has 0 bridgehead atoms. The van der Waals surface area contributed by atoms with E-state index >= 15 is 0 Å². The van der Waals surface area contributed by atoms with Gasteiger partial charge >= 0.3 is 0 Å². The Morgan fingerprint density at radius 2 is 1.50 bits per heavy atom. The second kappa shape index (κ2) is 3.60. The summed E-state index contributed by atoms with van der Waals surface area (Å²) in [6.07, 6.45) is 0. The number of fused-ring (bicyclic) bond motifs is 3. The predicted molar refractivity (Wildman–Crippen MR) is 66.3 cm³/mol. The van der Waals surface area contributed by atoms with Crippen molar-refractivity contribution in [1.29, 1.82) is 0 Å². The monoisotopic (exact) mass is 210 g/mol. The Kier molecular flexibility index (Phi) is 2.10. The summed E-state index contributed by atoms with van der Waals surface area (Å²) in [5.74, 6) is 0. The molecule has 0 heterocycles. The molecule has 0 aliphatic carbocycles. The van der Waals surface area contributed by atoms with E-state index in [4.69, 9.17) is 0 Å².